The summed E-state index contributed by atoms with van der Waals surface area (Å²) in [5.74, 6) is 0. The first kappa shape index (κ1) is 16.4. The molecular weight excluding hydrogens is 290 g/mol. The summed E-state index contributed by atoms with van der Waals surface area (Å²) in [5.41, 5.74) is 1.66. The number of methoxy groups -OCH3 is 1. The number of nitrogens with zero attached hydrogens (tertiary/aromatic N) is 1. The van der Waals surface area contributed by atoms with Crippen molar-refractivity contribution in [3.63, 3.8) is 0 Å². The van der Waals surface area contributed by atoms with Crippen LogP contribution in [0.15, 0.2) is 23.1 Å². The number of rotatable bonds is 5. The fourth-order valence-corrected chi connectivity index (χ4v) is 4.28. The Labute approximate surface area is 126 Å². The minimum absolute atomic E-state index is 0.0410. The van der Waals surface area contributed by atoms with Gasteiger partial charge >= 0.3 is 0 Å². The fourth-order valence-electron chi connectivity index (χ4n) is 2.72. The van der Waals surface area contributed by atoms with Crippen LogP contribution in [-0.2, 0) is 27.8 Å². The number of sulfonamides is 1. The van der Waals surface area contributed by atoms with E-state index in [4.69, 9.17) is 4.74 Å². The van der Waals surface area contributed by atoms with Crippen molar-refractivity contribution in [2.45, 2.75) is 43.8 Å². The molecule has 0 saturated carbocycles. The highest BCUT2D eigenvalue weighted by Gasteiger charge is 2.30. The van der Waals surface area contributed by atoms with Gasteiger partial charge in [-0.15, -0.1) is 0 Å². The summed E-state index contributed by atoms with van der Waals surface area (Å²) in [6, 6.07) is 5.00. The van der Waals surface area contributed by atoms with Gasteiger partial charge in [0.2, 0.25) is 10.0 Å². The molecule has 1 unspecified atom stereocenters. The van der Waals surface area contributed by atoms with Crippen LogP contribution in [0.2, 0.25) is 0 Å². The van der Waals surface area contributed by atoms with E-state index in [1.54, 1.807) is 25.3 Å². The Morgan fingerprint density at radius 2 is 2.14 bits per heavy atom. The lowest BCUT2D eigenvalue weighted by atomic mass is 10.1. The van der Waals surface area contributed by atoms with Crippen LogP contribution >= 0.6 is 0 Å². The molecule has 118 valence electrons. The van der Waals surface area contributed by atoms with Crippen LogP contribution < -0.4 is 0 Å². The smallest absolute Gasteiger partial charge is 0.243 e. The quantitative estimate of drug-likeness (QED) is 0.895. The Morgan fingerprint density at radius 3 is 2.76 bits per heavy atom. The van der Waals surface area contributed by atoms with Gasteiger partial charge in [0, 0.05) is 20.2 Å². The Morgan fingerprint density at radius 1 is 1.38 bits per heavy atom. The van der Waals surface area contributed by atoms with Crippen molar-refractivity contribution in [1.82, 2.24) is 4.31 Å². The van der Waals surface area contributed by atoms with Crippen molar-refractivity contribution < 1.29 is 18.3 Å². The summed E-state index contributed by atoms with van der Waals surface area (Å²) < 4.78 is 32.2. The third kappa shape index (κ3) is 3.45. The average Bonchev–Trinajstić information content (AvgIpc) is 2.54. The highest BCUT2D eigenvalue weighted by Crippen LogP contribution is 2.24. The highest BCUT2D eigenvalue weighted by atomic mass is 32.2. The van der Waals surface area contributed by atoms with Crippen molar-refractivity contribution in [2.75, 3.05) is 20.2 Å². The fraction of sp³-hybridized carbons (Fsp3) is 0.600. The van der Waals surface area contributed by atoms with E-state index >= 15 is 0 Å². The second-order valence-corrected chi connectivity index (χ2v) is 7.24. The van der Waals surface area contributed by atoms with Gasteiger partial charge < -0.3 is 9.84 Å². The molecule has 0 amide bonds. The van der Waals surface area contributed by atoms with Crippen LogP contribution in [-0.4, -0.2) is 44.1 Å². The maximum Gasteiger partial charge on any atom is 0.243 e. The number of benzene rings is 1. The Kier molecular flexibility index (Phi) is 5.37. The SMILES string of the molecule is CCc1ccc(S(=O)(=O)N2CCCC(OC)C2)cc1CO. The Balaban J connectivity index is 2.30. The van der Waals surface area contributed by atoms with Gasteiger partial charge in [-0.1, -0.05) is 13.0 Å². The molecule has 2 rings (SSSR count). The van der Waals surface area contributed by atoms with Crippen LogP contribution in [0.25, 0.3) is 0 Å². The molecule has 0 aliphatic carbocycles. The zero-order valence-corrected chi connectivity index (χ0v) is 13.4. The summed E-state index contributed by atoms with van der Waals surface area (Å²) >= 11 is 0. The monoisotopic (exact) mass is 313 g/mol. The van der Waals surface area contributed by atoms with Crippen molar-refractivity contribution in [3.05, 3.63) is 29.3 Å². The third-order valence-electron chi connectivity index (χ3n) is 4.04. The molecule has 0 radical (unpaired) electrons. The number of hydrogen-bond donors (Lipinski definition) is 1. The number of ether oxygens (including phenoxy) is 1. The zero-order valence-electron chi connectivity index (χ0n) is 12.6. The van der Waals surface area contributed by atoms with Crippen LogP contribution in [0.1, 0.15) is 30.9 Å². The predicted molar refractivity (Wildman–Crippen MR) is 80.5 cm³/mol. The molecule has 1 aliphatic heterocycles. The third-order valence-corrected chi connectivity index (χ3v) is 5.90. The molecule has 1 heterocycles. The molecule has 1 aliphatic rings. The number of aliphatic hydroxyl groups is 1. The van der Waals surface area contributed by atoms with Gasteiger partial charge in [-0.3, -0.25) is 0 Å². The van der Waals surface area contributed by atoms with E-state index in [9.17, 15) is 13.5 Å². The van der Waals surface area contributed by atoms with Gasteiger partial charge in [0.15, 0.2) is 0 Å². The van der Waals surface area contributed by atoms with Crippen molar-refractivity contribution in [2.24, 2.45) is 0 Å². The lowest BCUT2D eigenvalue weighted by Crippen LogP contribution is -2.42. The van der Waals surface area contributed by atoms with Gasteiger partial charge in [-0.25, -0.2) is 8.42 Å². The molecule has 1 saturated heterocycles. The van der Waals surface area contributed by atoms with E-state index in [1.807, 2.05) is 6.92 Å². The molecule has 6 heteroatoms. The normalized spacial score (nSPS) is 20.6. The molecule has 5 nitrogen and oxygen atoms in total. The molecule has 0 aromatic heterocycles. The molecule has 1 aromatic rings. The standard InChI is InChI=1S/C15H23NO4S/c1-3-12-6-7-15(9-13(12)11-17)21(18,19)16-8-4-5-14(10-16)20-2/h6-7,9,14,17H,3-5,8,10-11H2,1-2H3. The van der Waals surface area contributed by atoms with E-state index in [2.05, 4.69) is 0 Å². The Hall–Kier alpha value is -0.950. The van der Waals surface area contributed by atoms with Gasteiger partial charge in [0.25, 0.3) is 0 Å². The summed E-state index contributed by atoms with van der Waals surface area (Å²) in [6.07, 6.45) is 2.42. The molecule has 1 aromatic carbocycles. The number of hydrogen-bond acceptors (Lipinski definition) is 4. The number of aliphatic hydroxyl groups excluding tert-OH is 1. The topological polar surface area (TPSA) is 66.8 Å². The maximum atomic E-state index is 12.7. The average molecular weight is 313 g/mol. The van der Waals surface area contributed by atoms with Crippen LogP contribution in [0.5, 0.6) is 0 Å². The molecule has 1 N–H and O–H groups in total. The van der Waals surface area contributed by atoms with Crippen LogP contribution in [0.3, 0.4) is 0 Å². The number of piperidine rings is 1. The minimum Gasteiger partial charge on any atom is -0.392 e. The summed E-state index contributed by atoms with van der Waals surface area (Å²) in [4.78, 5) is 0.250. The van der Waals surface area contributed by atoms with Gasteiger partial charge in [0.05, 0.1) is 17.6 Å². The molecule has 0 spiro atoms. The molecule has 21 heavy (non-hydrogen) atoms. The number of aryl methyl sites for hydroxylation is 1. The summed E-state index contributed by atoms with van der Waals surface area (Å²) in [6.45, 7) is 2.75. The Bertz CT molecular complexity index is 585. The van der Waals surface area contributed by atoms with Gasteiger partial charge in [-0.05, 0) is 42.5 Å². The molecule has 1 atom stereocenters. The van der Waals surface area contributed by atoms with Crippen LogP contribution in [0, 0.1) is 0 Å². The van der Waals surface area contributed by atoms with Gasteiger partial charge in [0.1, 0.15) is 0 Å². The first-order valence-corrected chi connectivity index (χ1v) is 8.72. The van der Waals surface area contributed by atoms with E-state index in [-0.39, 0.29) is 17.6 Å². The van der Waals surface area contributed by atoms with E-state index in [0.29, 0.717) is 18.7 Å². The maximum absolute atomic E-state index is 12.7. The second kappa shape index (κ2) is 6.87. The molecular formula is C15H23NO4S. The van der Waals surface area contributed by atoms with Gasteiger partial charge in [-0.2, -0.15) is 4.31 Å². The first-order chi connectivity index (χ1) is 10.0. The van der Waals surface area contributed by atoms with Crippen molar-refractivity contribution >= 4 is 10.0 Å². The highest BCUT2D eigenvalue weighted by molar-refractivity contribution is 7.89. The second-order valence-electron chi connectivity index (χ2n) is 5.31. The predicted octanol–water partition coefficient (Wildman–Crippen LogP) is 1.54. The van der Waals surface area contributed by atoms with E-state index < -0.39 is 10.0 Å². The molecule has 0 bridgehead atoms. The lowest BCUT2D eigenvalue weighted by molar-refractivity contribution is 0.0572. The summed E-state index contributed by atoms with van der Waals surface area (Å²) in [5, 5.41) is 9.40. The summed E-state index contributed by atoms with van der Waals surface area (Å²) in [7, 11) is -1.91. The zero-order chi connectivity index (χ0) is 15.5. The molecule has 1 fully saturated rings. The van der Waals surface area contributed by atoms with Crippen LogP contribution in [0.4, 0.5) is 0 Å². The lowest BCUT2D eigenvalue weighted by Gasteiger charge is -2.31. The van der Waals surface area contributed by atoms with Crippen molar-refractivity contribution in [1.29, 1.82) is 0 Å². The van der Waals surface area contributed by atoms with E-state index in [1.165, 1.54) is 4.31 Å². The largest absolute Gasteiger partial charge is 0.392 e. The first-order valence-electron chi connectivity index (χ1n) is 7.28. The minimum atomic E-state index is -3.52. The van der Waals surface area contributed by atoms with E-state index in [0.717, 1.165) is 24.8 Å². The van der Waals surface area contributed by atoms with Crippen molar-refractivity contribution in [3.8, 4) is 0 Å².